The van der Waals surface area contributed by atoms with Gasteiger partial charge in [-0.15, -0.1) is 0 Å². The van der Waals surface area contributed by atoms with E-state index in [1.807, 2.05) is 11.9 Å². The number of likely N-dealkylation sites (N-methyl/N-ethyl adjacent to an activating group) is 1. The van der Waals surface area contributed by atoms with E-state index in [0.29, 0.717) is 18.7 Å². The summed E-state index contributed by atoms with van der Waals surface area (Å²) in [5.74, 6) is -0.879. The topological polar surface area (TPSA) is 78.9 Å². The summed E-state index contributed by atoms with van der Waals surface area (Å²) in [6.45, 7) is 1.72. The maximum Gasteiger partial charge on any atom is 0.243 e. The number of hydrogen-bond donors (Lipinski definition) is 2. The van der Waals surface area contributed by atoms with Crippen LogP contribution in [0.1, 0.15) is 5.56 Å². The summed E-state index contributed by atoms with van der Waals surface area (Å²) < 4.78 is 45.8. The lowest BCUT2D eigenvalue weighted by Crippen LogP contribution is -2.45. The number of nitrogens with zero attached hydrogens (tertiary/aromatic N) is 1. The van der Waals surface area contributed by atoms with Gasteiger partial charge in [-0.2, -0.15) is 0 Å². The molecule has 0 radical (unpaired) electrons. The molecule has 8 heteroatoms. The molecule has 1 fully saturated rings. The highest BCUT2D eigenvalue weighted by Gasteiger charge is 2.23. The molecule has 118 valence electrons. The Bertz CT molecular complexity index is 594. The number of hydrogen-bond acceptors (Lipinski definition) is 5. The van der Waals surface area contributed by atoms with Crippen LogP contribution >= 0.6 is 0 Å². The molecule has 1 aromatic carbocycles. The van der Waals surface area contributed by atoms with E-state index in [4.69, 9.17) is 9.84 Å². The maximum absolute atomic E-state index is 13.8. The molecule has 0 aliphatic carbocycles. The number of halogens is 1. The molecule has 0 aromatic heterocycles. The largest absolute Gasteiger partial charge is 0.392 e. The smallest absolute Gasteiger partial charge is 0.243 e. The number of morpholine rings is 1. The molecule has 1 saturated heterocycles. The van der Waals surface area contributed by atoms with Gasteiger partial charge in [-0.05, 0) is 24.7 Å². The van der Waals surface area contributed by atoms with Crippen LogP contribution < -0.4 is 4.72 Å². The molecule has 1 aliphatic rings. The van der Waals surface area contributed by atoms with E-state index in [1.165, 1.54) is 6.07 Å². The van der Waals surface area contributed by atoms with Gasteiger partial charge in [0.15, 0.2) is 0 Å². The molecule has 0 spiro atoms. The zero-order chi connectivity index (χ0) is 15.5. The summed E-state index contributed by atoms with van der Waals surface area (Å²) in [5.41, 5.74) is 0.323. The summed E-state index contributed by atoms with van der Waals surface area (Å²) in [6, 6.07) is 3.54. The van der Waals surface area contributed by atoms with Gasteiger partial charge in [0, 0.05) is 19.6 Å². The average molecular weight is 318 g/mol. The minimum atomic E-state index is -3.94. The van der Waals surface area contributed by atoms with E-state index in [0.717, 1.165) is 18.7 Å². The van der Waals surface area contributed by atoms with E-state index in [9.17, 15) is 12.8 Å². The van der Waals surface area contributed by atoms with Crippen molar-refractivity contribution in [3.05, 3.63) is 29.6 Å². The van der Waals surface area contributed by atoms with Gasteiger partial charge in [0.25, 0.3) is 0 Å². The first-order chi connectivity index (χ1) is 9.92. The van der Waals surface area contributed by atoms with Crippen molar-refractivity contribution in [2.24, 2.45) is 0 Å². The zero-order valence-electron chi connectivity index (χ0n) is 11.8. The first-order valence-electron chi connectivity index (χ1n) is 6.61. The highest BCUT2D eigenvalue weighted by molar-refractivity contribution is 7.89. The lowest BCUT2D eigenvalue weighted by molar-refractivity contribution is -0.0156. The van der Waals surface area contributed by atoms with Crippen LogP contribution in [0, 0.1) is 5.82 Å². The molecule has 0 amide bonds. The van der Waals surface area contributed by atoms with Gasteiger partial charge in [-0.1, -0.05) is 6.07 Å². The SMILES string of the molecule is CN1CCOC(CNS(=O)(=O)c2ccc(CO)cc2F)C1. The van der Waals surface area contributed by atoms with E-state index in [-0.39, 0.29) is 19.3 Å². The van der Waals surface area contributed by atoms with Gasteiger partial charge >= 0.3 is 0 Å². The van der Waals surface area contributed by atoms with Crippen molar-refractivity contribution in [3.8, 4) is 0 Å². The quantitative estimate of drug-likeness (QED) is 0.794. The van der Waals surface area contributed by atoms with Gasteiger partial charge < -0.3 is 14.7 Å². The van der Waals surface area contributed by atoms with Gasteiger partial charge in [0.05, 0.1) is 19.3 Å². The number of benzene rings is 1. The molecule has 1 aliphatic heterocycles. The van der Waals surface area contributed by atoms with Crippen LogP contribution in [-0.2, 0) is 21.4 Å². The molecule has 0 saturated carbocycles. The molecule has 21 heavy (non-hydrogen) atoms. The number of rotatable bonds is 5. The van der Waals surface area contributed by atoms with Crippen LogP contribution in [0.3, 0.4) is 0 Å². The number of ether oxygens (including phenoxy) is 1. The third-order valence-electron chi connectivity index (χ3n) is 3.31. The molecule has 1 aromatic rings. The number of sulfonamides is 1. The molecule has 1 unspecified atom stereocenters. The molecule has 1 heterocycles. The van der Waals surface area contributed by atoms with E-state index in [2.05, 4.69) is 4.72 Å². The van der Waals surface area contributed by atoms with Gasteiger partial charge in [-0.25, -0.2) is 17.5 Å². The summed E-state index contributed by atoms with van der Waals surface area (Å²) in [6.07, 6.45) is -0.252. The second-order valence-corrected chi connectivity index (χ2v) is 6.77. The first kappa shape index (κ1) is 16.3. The molecule has 0 bridgehead atoms. The van der Waals surface area contributed by atoms with E-state index >= 15 is 0 Å². The van der Waals surface area contributed by atoms with Crippen molar-refractivity contribution in [1.29, 1.82) is 0 Å². The van der Waals surface area contributed by atoms with Crippen LogP contribution in [0.15, 0.2) is 23.1 Å². The second-order valence-electron chi connectivity index (χ2n) is 5.03. The molecular weight excluding hydrogens is 299 g/mol. The first-order valence-corrected chi connectivity index (χ1v) is 8.10. The minimum Gasteiger partial charge on any atom is -0.392 e. The lowest BCUT2D eigenvalue weighted by atomic mass is 10.2. The van der Waals surface area contributed by atoms with Crippen LogP contribution in [0.5, 0.6) is 0 Å². The Morgan fingerprint density at radius 1 is 1.52 bits per heavy atom. The monoisotopic (exact) mass is 318 g/mol. The van der Waals surface area contributed by atoms with E-state index < -0.39 is 20.7 Å². The van der Waals surface area contributed by atoms with Gasteiger partial charge in [0.2, 0.25) is 10.0 Å². The average Bonchev–Trinajstić information content (AvgIpc) is 2.45. The van der Waals surface area contributed by atoms with Crippen molar-refractivity contribution < 1.29 is 22.7 Å². The maximum atomic E-state index is 13.8. The summed E-state index contributed by atoms with van der Waals surface area (Å²) >= 11 is 0. The normalized spacial score (nSPS) is 20.6. The highest BCUT2D eigenvalue weighted by atomic mass is 32.2. The second kappa shape index (κ2) is 6.80. The Kier molecular flexibility index (Phi) is 5.28. The Morgan fingerprint density at radius 2 is 2.29 bits per heavy atom. The highest BCUT2D eigenvalue weighted by Crippen LogP contribution is 2.16. The summed E-state index contributed by atoms with van der Waals surface area (Å²) in [7, 11) is -2.01. The predicted octanol–water partition coefficient (Wildman–Crippen LogP) is -0.0731. The van der Waals surface area contributed by atoms with Crippen molar-refractivity contribution in [2.75, 3.05) is 33.3 Å². The van der Waals surface area contributed by atoms with Crippen molar-refractivity contribution in [2.45, 2.75) is 17.6 Å². The Balaban J connectivity index is 2.04. The number of aliphatic hydroxyl groups is 1. The lowest BCUT2D eigenvalue weighted by Gasteiger charge is -2.30. The third-order valence-corrected chi connectivity index (χ3v) is 4.77. The third kappa shape index (κ3) is 4.21. The number of aliphatic hydroxyl groups excluding tert-OH is 1. The molecule has 6 nitrogen and oxygen atoms in total. The molecule has 1 atom stereocenters. The van der Waals surface area contributed by atoms with Gasteiger partial charge in [-0.3, -0.25) is 0 Å². The fourth-order valence-corrected chi connectivity index (χ4v) is 3.25. The zero-order valence-corrected chi connectivity index (χ0v) is 12.6. The Labute approximate surface area is 123 Å². The van der Waals surface area contributed by atoms with Crippen molar-refractivity contribution in [3.63, 3.8) is 0 Å². The fraction of sp³-hybridized carbons (Fsp3) is 0.538. The molecular formula is C13H19FN2O4S. The van der Waals surface area contributed by atoms with Crippen molar-refractivity contribution >= 4 is 10.0 Å². The van der Waals surface area contributed by atoms with Gasteiger partial charge in [0.1, 0.15) is 10.7 Å². The molecule has 2 N–H and O–H groups in total. The Morgan fingerprint density at radius 3 is 2.90 bits per heavy atom. The van der Waals surface area contributed by atoms with Crippen molar-refractivity contribution in [1.82, 2.24) is 9.62 Å². The van der Waals surface area contributed by atoms with Crippen LogP contribution in [0.25, 0.3) is 0 Å². The van der Waals surface area contributed by atoms with Crippen LogP contribution in [0.2, 0.25) is 0 Å². The van der Waals surface area contributed by atoms with Crippen LogP contribution in [-0.4, -0.2) is 57.8 Å². The Hall–Kier alpha value is -1.06. The fourth-order valence-electron chi connectivity index (χ4n) is 2.13. The molecule has 2 rings (SSSR count). The standard InChI is InChI=1S/C13H19FN2O4S/c1-16-4-5-20-11(8-16)7-15-21(18,19)13-3-2-10(9-17)6-12(13)14/h2-3,6,11,15,17H,4-5,7-9H2,1H3. The number of nitrogens with one attached hydrogen (secondary N) is 1. The predicted molar refractivity (Wildman–Crippen MR) is 74.7 cm³/mol. The summed E-state index contributed by atoms with van der Waals surface area (Å²) in [5, 5.41) is 8.90. The van der Waals surface area contributed by atoms with E-state index in [1.54, 1.807) is 0 Å². The summed E-state index contributed by atoms with van der Waals surface area (Å²) in [4.78, 5) is 1.61. The minimum absolute atomic E-state index is 0.0911. The van der Waals surface area contributed by atoms with Crippen LogP contribution in [0.4, 0.5) is 4.39 Å².